The maximum Gasteiger partial charge on any atom is 0.196 e. The third kappa shape index (κ3) is 3.33. The van der Waals surface area contributed by atoms with Gasteiger partial charge in [-0.05, 0) is 52.3 Å². The Morgan fingerprint density at radius 1 is 1.14 bits per heavy atom. The molecule has 0 aliphatic rings. The first-order valence-electron chi connectivity index (χ1n) is 5.70. The number of hydrogen-bond acceptors (Lipinski definition) is 3. The number of halogens is 3. The maximum absolute atomic E-state index is 14.0. The molecule has 0 atom stereocenters. The smallest absolute Gasteiger partial charge is 0.196 e. The van der Waals surface area contributed by atoms with Gasteiger partial charge in [-0.2, -0.15) is 0 Å². The second kappa shape index (κ2) is 5.87. The lowest BCUT2D eigenvalue weighted by molar-refractivity contribution is 0.103. The predicted molar refractivity (Wildman–Crippen MR) is 82.1 cm³/mol. The Morgan fingerprint density at radius 2 is 1.71 bits per heavy atom. The van der Waals surface area contributed by atoms with Crippen molar-refractivity contribution in [1.29, 1.82) is 0 Å². The van der Waals surface area contributed by atoms with E-state index in [2.05, 4.69) is 15.9 Å². The van der Waals surface area contributed by atoms with E-state index in [4.69, 9.17) is 11.6 Å². The normalized spacial score (nSPS) is 11.4. The van der Waals surface area contributed by atoms with Crippen molar-refractivity contribution in [2.45, 2.75) is 4.90 Å². The summed E-state index contributed by atoms with van der Waals surface area (Å²) in [6.07, 6.45) is 1.07. The molecule has 3 nitrogen and oxygen atoms in total. The molecule has 0 bridgehead atoms. The van der Waals surface area contributed by atoms with E-state index >= 15 is 0 Å². The minimum Gasteiger partial charge on any atom is -0.288 e. The molecule has 0 unspecified atom stereocenters. The van der Waals surface area contributed by atoms with Crippen LogP contribution in [0, 0.1) is 5.82 Å². The number of benzene rings is 2. The predicted octanol–water partition coefficient (Wildman–Crippen LogP) is 3.88. The first kappa shape index (κ1) is 16.1. The summed E-state index contributed by atoms with van der Waals surface area (Å²) in [4.78, 5) is 12.3. The van der Waals surface area contributed by atoms with Crippen LogP contribution in [0.3, 0.4) is 0 Å². The summed E-state index contributed by atoms with van der Waals surface area (Å²) in [6, 6.07) is 8.09. The van der Waals surface area contributed by atoms with Crippen LogP contribution in [0.25, 0.3) is 0 Å². The fourth-order valence-corrected chi connectivity index (χ4v) is 2.81. The summed E-state index contributed by atoms with van der Waals surface area (Å²) in [7, 11) is -3.34. The molecule has 110 valence electrons. The van der Waals surface area contributed by atoms with Crippen molar-refractivity contribution in [2.75, 3.05) is 6.26 Å². The fraction of sp³-hybridized carbons (Fsp3) is 0.0714. The van der Waals surface area contributed by atoms with Crippen molar-refractivity contribution in [3.63, 3.8) is 0 Å². The summed E-state index contributed by atoms with van der Waals surface area (Å²) < 4.78 is 37.0. The van der Waals surface area contributed by atoms with Gasteiger partial charge in [0.15, 0.2) is 21.4 Å². The molecule has 0 N–H and O–H groups in total. The summed E-state index contributed by atoms with van der Waals surface area (Å²) in [5.41, 5.74) is 0.00925. The SMILES string of the molecule is CS(=O)(=O)c1ccc(C(=O)c2ccc(Br)c(Cl)c2F)cc1. The van der Waals surface area contributed by atoms with Gasteiger partial charge in [0.2, 0.25) is 0 Å². The number of carbonyl (C=O) groups excluding carboxylic acids is 1. The van der Waals surface area contributed by atoms with Gasteiger partial charge in [-0.15, -0.1) is 0 Å². The van der Waals surface area contributed by atoms with Crippen molar-refractivity contribution in [2.24, 2.45) is 0 Å². The third-order valence-electron chi connectivity index (χ3n) is 2.82. The van der Waals surface area contributed by atoms with E-state index in [0.29, 0.717) is 4.47 Å². The van der Waals surface area contributed by atoms with Crippen molar-refractivity contribution in [3.05, 3.63) is 62.8 Å². The molecular formula is C14H9BrClFO3S. The number of sulfone groups is 1. The van der Waals surface area contributed by atoms with E-state index in [1.54, 1.807) is 0 Å². The summed E-state index contributed by atoms with van der Waals surface area (Å²) in [5, 5.41) is -0.173. The molecule has 0 aromatic heterocycles. The number of rotatable bonds is 3. The third-order valence-corrected chi connectivity index (χ3v) is 5.21. The van der Waals surface area contributed by atoms with Crippen molar-refractivity contribution < 1.29 is 17.6 Å². The monoisotopic (exact) mass is 390 g/mol. The molecule has 2 aromatic carbocycles. The fourth-order valence-electron chi connectivity index (χ4n) is 1.71. The Kier molecular flexibility index (Phi) is 4.51. The van der Waals surface area contributed by atoms with Crippen molar-refractivity contribution >= 4 is 43.2 Å². The van der Waals surface area contributed by atoms with Crippen LogP contribution in [0.1, 0.15) is 15.9 Å². The van der Waals surface area contributed by atoms with Crippen LogP contribution in [0.5, 0.6) is 0 Å². The van der Waals surface area contributed by atoms with Crippen molar-refractivity contribution in [1.82, 2.24) is 0 Å². The van der Waals surface area contributed by atoms with Gasteiger partial charge in [0.25, 0.3) is 0 Å². The van der Waals surface area contributed by atoms with Gasteiger partial charge < -0.3 is 0 Å². The van der Waals surface area contributed by atoms with Gasteiger partial charge in [0, 0.05) is 16.3 Å². The zero-order valence-electron chi connectivity index (χ0n) is 10.7. The lowest BCUT2D eigenvalue weighted by atomic mass is 10.0. The number of hydrogen-bond donors (Lipinski definition) is 0. The Hall–Kier alpha value is -1.24. The standard InChI is InChI=1S/C14H9BrClFO3S/c1-21(19,20)9-4-2-8(3-5-9)14(18)10-6-7-11(15)12(16)13(10)17/h2-7H,1H3. The zero-order chi connectivity index (χ0) is 15.8. The van der Waals surface area contributed by atoms with Crippen LogP contribution in [-0.4, -0.2) is 20.5 Å². The topological polar surface area (TPSA) is 51.2 Å². The highest BCUT2D eigenvalue weighted by molar-refractivity contribution is 9.10. The highest BCUT2D eigenvalue weighted by Crippen LogP contribution is 2.28. The first-order chi connectivity index (χ1) is 9.71. The molecule has 0 heterocycles. The Morgan fingerprint density at radius 3 is 2.24 bits per heavy atom. The first-order valence-corrected chi connectivity index (χ1v) is 8.76. The molecule has 0 radical (unpaired) electrons. The van der Waals surface area contributed by atoms with Gasteiger partial charge >= 0.3 is 0 Å². The van der Waals surface area contributed by atoms with Gasteiger partial charge in [-0.1, -0.05) is 11.6 Å². The molecule has 0 fully saturated rings. The molecule has 7 heteroatoms. The molecule has 0 saturated heterocycles. The van der Waals surface area contributed by atoms with Crippen LogP contribution < -0.4 is 0 Å². The molecule has 0 aliphatic carbocycles. The highest BCUT2D eigenvalue weighted by Gasteiger charge is 2.18. The minimum absolute atomic E-state index is 0.0911. The van der Waals surface area contributed by atoms with E-state index < -0.39 is 21.4 Å². The van der Waals surface area contributed by atoms with E-state index in [-0.39, 0.29) is 21.0 Å². The summed E-state index contributed by atoms with van der Waals surface area (Å²) in [5.74, 6) is -1.38. The molecule has 0 aliphatic heterocycles. The zero-order valence-corrected chi connectivity index (χ0v) is 13.9. The van der Waals surface area contributed by atoms with Crippen LogP contribution in [0.4, 0.5) is 4.39 Å². The van der Waals surface area contributed by atoms with Gasteiger partial charge in [0.05, 0.1) is 15.5 Å². The lowest BCUT2D eigenvalue weighted by Gasteiger charge is -2.06. The molecule has 2 rings (SSSR count). The van der Waals surface area contributed by atoms with Gasteiger partial charge in [0.1, 0.15) is 0 Å². The van der Waals surface area contributed by atoms with Crippen LogP contribution in [0.2, 0.25) is 5.02 Å². The average molecular weight is 392 g/mol. The minimum atomic E-state index is -3.34. The molecule has 2 aromatic rings. The van der Waals surface area contributed by atoms with E-state index in [9.17, 15) is 17.6 Å². The van der Waals surface area contributed by atoms with Gasteiger partial charge in [-0.25, -0.2) is 12.8 Å². The lowest BCUT2D eigenvalue weighted by Crippen LogP contribution is -2.06. The molecule has 21 heavy (non-hydrogen) atoms. The Balaban J connectivity index is 2.44. The summed E-state index contributed by atoms with van der Waals surface area (Å²) in [6.45, 7) is 0. The molecular weight excluding hydrogens is 383 g/mol. The number of ketones is 1. The molecule has 0 amide bonds. The van der Waals surface area contributed by atoms with E-state index in [1.807, 2.05) is 0 Å². The Labute approximate surface area is 134 Å². The second-order valence-corrected chi connectivity index (χ2v) is 7.60. The second-order valence-electron chi connectivity index (χ2n) is 4.35. The van der Waals surface area contributed by atoms with Crippen LogP contribution in [-0.2, 0) is 9.84 Å². The van der Waals surface area contributed by atoms with Crippen LogP contribution in [0.15, 0.2) is 45.8 Å². The molecule has 0 saturated carbocycles. The average Bonchev–Trinajstić information content (AvgIpc) is 2.43. The Bertz CT molecular complexity index is 817. The van der Waals surface area contributed by atoms with Crippen molar-refractivity contribution in [3.8, 4) is 0 Å². The quantitative estimate of drug-likeness (QED) is 0.589. The largest absolute Gasteiger partial charge is 0.288 e. The maximum atomic E-state index is 14.0. The highest BCUT2D eigenvalue weighted by atomic mass is 79.9. The number of carbonyl (C=O) groups is 1. The van der Waals surface area contributed by atoms with Gasteiger partial charge in [-0.3, -0.25) is 4.79 Å². The van der Waals surface area contributed by atoms with E-state index in [0.717, 1.165) is 6.26 Å². The van der Waals surface area contributed by atoms with Crippen LogP contribution >= 0.6 is 27.5 Å². The summed E-state index contributed by atoms with van der Waals surface area (Å²) >= 11 is 8.81. The molecule has 0 spiro atoms. The van der Waals surface area contributed by atoms with E-state index in [1.165, 1.54) is 36.4 Å².